The zero-order valence-electron chi connectivity index (χ0n) is 9.88. The molecule has 0 aromatic carbocycles. The maximum atomic E-state index is 11.8. The lowest BCUT2D eigenvalue weighted by Gasteiger charge is -2.12. The summed E-state index contributed by atoms with van der Waals surface area (Å²) in [6.07, 6.45) is -0.449. The smallest absolute Gasteiger partial charge is 0.322 e. The minimum Gasteiger partial charge on any atom is -0.465 e. The van der Waals surface area contributed by atoms with Gasteiger partial charge in [0.2, 0.25) is 0 Å². The van der Waals surface area contributed by atoms with Crippen LogP contribution in [0.25, 0.3) is 0 Å². The Morgan fingerprint density at radius 2 is 1.89 bits per heavy atom. The van der Waals surface area contributed by atoms with Crippen LogP contribution in [0, 0.1) is 0 Å². The highest BCUT2D eigenvalue weighted by Crippen LogP contribution is 2.18. The van der Waals surface area contributed by atoms with Crippen LogP contribution >= 0.6 is 12.0 Å². The van der Waals surface area contributed by atoms with Crippen molar-refractivity contribution in [2.24, 2.45) is 0 Å². The first-order valence-corrected chi connectivity index (χ1v) is 6.04. The van der Waals surface area contributed by atoms with Gasteiger partial charge in [0.25, 0.3) is 0 Å². The molecule has 0 aromatic rings. The average molecular weight is 304 g/mol. The zero-order valence-corrected chi connectivity index (χ0v) is 10.7. The molecule has 0 heterocycles. The van der Waals surface area contributed by atoms with Crippen molar-refractivity contribution in [3.8, 4) is 0 Å². The van der Waals surface area contributed by atoms with E-state index >= 15 is 0 Å². The first-order valence-electron chi connectivity index (χ1n) is 5.23. The molecule has 10 heteroatoms. The predicted molar refractivity (Wildman–Crippen MR) is 59.3 cm³/mol. The lowest BCUT2D eigenvalue weighted by molar-refractivity contribution is -0.432. The number of ether oxygens (including phenoxy) is 2. The molecule has 0 aromatic heterocycles. The second-order valence-electron chi connectivity index (χ2n) is 3.05. The third kappa shape index (κ3) is 9.59. The molecule has 0 aliphatic rings. The van der Waals surface area contributed by atoms with Gasteiger partial charge in [-0.25, -0.2) is 9.65 Å². The van der Waals surface area contributed by atoms with Crippen molar-refractivity contribution in [2.45, 2.75) is 18.1 Å². The van der Waals surface area contributed by atoms with Crippen molar-refractivity contribution in [3.63, 3.8) is 0 Å². The van der Waals surface area contributed by atoms with Gasteiger partial charge in [0.1, 0.15) is 18.5 Å². The molecule has 1 unspecified atom stereocenters. The zero-order chi connectivity index (χ0) is 14.5. The number of rotatable bonds is 11. The van der Waals surface area contributed by atoms with Gasteiger partial charge >= 0.3 is 11.9 Å². The highest BCUT2D eigenvalue weighted by Gasteiger charge is 2.26. The van der Waals surface area contributed by atoms with E-state index < -0.39 is 43.6 Å². The van der Waals surface area contributed by atoms with Gasteiger partial charge in [0, 0.05) is 6.42 Å². The minimum absolute atomic E-state index is 0.0206. The summed E-state index contributed by atoms with van der Waals surface area (Å²) in [5, 5.41) is 10.1. The Morgan fingerprint density at radius 3 is 2.47 bits per heavy atom. The fourth-order valence-electron chi connectivity index (χ4n) is 0.905. The van der Waals surface area contributed by atoms with Gasteiger partial charge in [0.15, 0.2) is 0 Å². The molecule has 0 spiro atoms. The second kappa shape index (κ2) is 12.1. The molecule has 1 atom stereocenters. The van der Waals surface area contributed by atoms with Crippen molar-refractivity contribution in [3.05, 3.63) is 0 Å². The van der Waals surface area contributed by atoms with E-state index in [0.29, 0.717) is 12.0 Å². The number of carbonyl (C=O) groups excluding carboxylic acids is 2. The number of esters is 2. The summed E-state index contributed by atoms with van der Waals surface area (Å²) < 4.78 is 36.7. The average Bonchev–Trinajstić information content (AvgIpc) is 2.41. The van der Waals surface area contributed by atoms with Crippen LogP contribution in [0.15, 0.2) is 0 Å². The standard InChI is InChI=1S/C9H14F2O7S/c10-2-1-4-16-9(13)7(19-18-17-14)6-8(12)15-5-3-11/h7,14H,1-6H2. The first-order chi connectivity index (χ1) is 9.15. The third-order valence-electron chi connectivity index (χ3n) is 1.66. The van der Waals surface area contributed by atoms with Crippen molar-refractivity contribution >= 4 is 24.0 Å². The molecule has 112 valence electrons. The summed E-state index contributed by atoms with van der Waals surface area (Å²) in [6, 6.07) is 0. The Balaban J connectivity index is 4.19. The van der Waals surface area contributed by atoms with Crippen LogP contribution in [0.5, 0.6) is 0 Å². The highest BCUT2D eigenvalue weighted by molar-refractivity contribution is 7.95. The lowest BCUT2D eigenvalue weighted by atomic mass is 10.3. The summed E-state index contributed by atoms with van der Waals surface area (Å²) in [5.41, 5.74) is 0. The molecule has 19 heavy (non-hydrogen) atoms. The van der Waals surface area contributed by atoms with Gasteiger partial charge in [-0.1, -0.05) is 5.04 Å². The maximum absolute atomic E-state index is 11.8. The summed E-state index contributed by atoms with van der Waals surface area (Å²) in [6.45, 7) is -2.09. The van der Waals surface area contributed by atoms with E-state index in [1.54, 1.807) is 0 Å². The van der Waals surface area contributed by atoms with E-state index in [2.05, 4.69) is 18.8 Å². The molecule has 0 radical (unpaired) electrons. The molecule has 0 saturated carbocycles. The van der Waals surface area contributed by atoms with E-state index in [4.69, 9.17) is 5.26 Å². The summed E-state index contributed by atoms with van der Waals surface area (Å²) in [4.78, 5) is 22.6. The summed E-state index contributed by atoms with van der Waals surface area (Å²) >= 11 is 0.314. The number of halogens is 2. The molecule has 0 bridgehead atoms. The molecule has 0 aliphatic carbocycles. The van der Waals surface area contributed by atoms with Crippen molar-refractivity contribution in [2.75, 3.05) is 26.6 Å². The quantitative estimate of drug-likeness (QED) is 0.200. The largest absolute Gasteiger partial charge is 0.465 e. The number of alkyl halides is 2. The van der Waals surface area contributed by atoms with Gasteiger partial charge in [-0.2, -0.15) is 0 Å². The third-order valence-corrected chi connectivity index (χ3v) is 2.39. The molecule has 1 N–H and O–H groups in total. The van der Waals surface area contributed by atoms with Crippen molar-refractivity contribution < 1.29 is 42.5 Å². The van der Waals surface area contributed by atoms with Gasteiger partial charge in [-0.05, 0) is 0 Å². The van der Waals surface area contributed by atoms with Gasteiger partial charge < -0.3 is 9.47 Å². The second-order valence-corrected chi connectivity index (χ2v) is 3.95. The maximum Gasteiger partial charge on any atom is 0.322 e. The first kappa shape index (κ1) is 18.0. The fourth-order valence-corrected chi connectivity index (χ4v) is 1.39. The molecular formula is C9H14F2O7S. The van der Waals surface area contributed by atoms with Crippen LogP contribution in [0.1, 0.15) is 12.8 Å². The molecule has 0 amide bonds. The number of carbonyl (C=O) groups is 2. The predicted octanol–water partition coefficient (Wildman–Crippen LogP) is 1.23. The molecule has 0 saturated heterocycles. The van der Waals surface area contributed by atoms with E-state index in [-0.39, 0.29) is 13.0 Å². The highest BCUT2D eigenvalue weighted by atomic mass is 32.2. The van der Waals surface area contributed by atoms with Crippen LogP contribution in [0.3, 0.4) is 0 Å². The lowest BCUT2D eigenvalue weighted by Crippen LogP contribution is -2.25. The van der Waals surface area contributed by atoms with E-state index in [1.807, 2.05) is 0 Å². The number of hydrogen-bond acceptors (Lipinski definition) is 8. The van der Waals surface area contributed by atoms with Crippen LogP contribution in [-0.2, 0) is 28.4 Å². The van der Waals surface area contributed by atoms with E-state index in [1.165, 1.54) is 0 Å². The van der Waals surface area contributed by atoms with E-state index in [9.17, 15) is 18.4 Å². The van der Waals surface area contributed by atoms with Gasteiger partial charge in [-0.3, -0.25) is 14.0 Å². The van der Waals surface area contributed by atoms with Crippen LogP contribution < -0.4 is 0 Å². The number of hydrogen-bond donors (Lipinski definition) is 1. The van der Waals surface area contributed by atoms with E-state index in [0.717, 1.165) is 0 Å². The molecule has 0 fully saturated rings. The normalized spacial score (nSPS) is 11.9. The summed E-state index contributed by atoms with van der Waals surface area (Å²) in [7, 11) is 0. The van der Waals surface area contributed by atoms with Crippen LogP contribution in [-0.4, -0.2) is 49.0 Å². The van der Waals surface area contributed by atoms with Gasteiger partial charge in [0.05, 0.1) is 31.7 Å². The van der Waals surface area contributed by atoms with Gasteiger partial charge in [-0.15, -0.1) is 4.33 Å². The Hall–Kier alpha value is -0.970. The monoisotopic (exact) mass is 304 g/mol. The van der Waals surface area contributed by atoms with Crippen molar-refractivity contribution in [1.29, 1.82) is 0 Å². The Morgan fingerprint density at radius 1 is 1.16 bits per heavy atom. The molecule has 7 nitrogen and oxygen atoms in total. The van der Waals surface area contributed by atoms with Crippen LogP contribution in [0.4, 0.5) is 8.78 Å². The van der Waals surface area contributed by atoms with Crippen LogP contribution in [0.2, 0.25) is 0 Å². The summed E-state index contributed by atoms with van der Waals surface area (Å²) in [5.74, 6) is -1.72. The fraction of sp³-hybridized carbons (Fsp3) is 0.778. The Bertz CT molecular complexity index is 267. The minimum atomic E-state index is -1.18. The topological polar surface area (TPSA) is 91.3 Å². The Kier molecular flexibility index (Phi) is 11.5. The Labute approximate surface area is 112 Å². The molecule has 0 rings (SSSR count). The molecule has 0 aliphatic heterocycles. The SMILES string of the molecule is O=C(CC(SOOO)C(=O)OCCCF)OCCF. The molecular weight excluding hydrogens is 290 g/mol. The van der Waals surface area contributed by atoms with Crippen molar-refractivity contribution in [1.82, 2.24) is 0 Å².